The fourth-order valence-corrected chi connectivity index (χ4v) is 1.95. The number of aliphatic hydroxyl groups excluding tert-OH is 1. The number of benzene rings is 1. The van der Waals surface area contributed by atoms with Crippen LogP contribution in [0.1, 0.15) is 45.8 Å². The quantitative estimate of drug-likeness (QED) is 0.827. The van der Waals surface area contributed by atoms with Gasteiger partial charge in [0.05, 0.1) is 12.7 Å². The fraction of sp³-hybridized carbons (Fsp3) is 0.600. The number of hydrogen-bond donors (Lipinski definition) is 1. The highest BCUT2D eigenvalue weighted by Gasteiger charge is 2.14. The van der Waals surface area contributed by atoms with Crippen LogP contribution in [-0.2, 0) is 0 Å². The van der Waals surface area contributed by atoms with E-state index in [9.17, 15) is 5.11 Å². The average molecular weight is 271 g/mol. The van der Waals surface area contributed by atoms with E-state index in [0.717, 1.165) is 11.3 Å². The van der Waals surface area contributed by atoms with Gasteiger partial charge in [0.2, 0.25) is 0 Å². The largest absolute Gasteiger partial charge is 0.493 e. The number of hydrogen-bond acceptors (Lipinski definition) is 2. The summed E-state index contributed by atoms with van der Waals surface area (Å²) in [5, 5.41) is 10.7. The standard InChI is InChI=1S/C15H23ClO2/c1-10(2)7-15(17)13-8-12(5-6-14(13)16)18-9-11(3)4/h5-6,8,10-11,15,17H,7,9H2,1-4H3. The molecule has 0 aromatic heterocycles. The monoisotopic (exact) mass is 270 g/mol. The first-order valence-corrected chi connectivity index (χ1v) is 6.88. The van der Waals surface area contributed by atoms with Crippen molar-refractivity contribution in [2.24, 2.45) is 11.8 Å². The van der Waals surface area contributed by atoms with Crippen LogP contribution in [0.4, 0.5) is 0 Å². The molecule has 1 N–H and O–H groups in total. The summed E-state index contributed by atoms with van der Waals surface area (Å²) in [6.45, 7) is 9.03. The number of aliphatic hydroxyl groups is 1. The van der Waals surface area contributed by atoms with Crippen LogP contribution in [0.3, 0.4) is 0 Å². The maximum atomic E-state index is 10.1. The molecule has 2 nitrogen and oxygen atoms in total. The van der Waals surface area contributed by atoms with E-state index in [2.05, 4.69) is 27.7 Å². The molecule has 3 heteroatoms. The Balaban J connectivity index is 2.80. The Labute approximate surface area is 115 Å². The normalized spacial score (nSPS) is 13.1. The zero-order chi connectivity index (χ0) is 13.7. The molecule has 0 radical (unpaired) electrons. The lowest BCUT2D eigenvalue weighted by Crippen LogP contribution is -2.06. The maximum Gasteiger partial charge on any atom is 0.119 e. The van der Waals surface area contributed by atoms with Gasteiger partial charge in [-0.1, -0.05) is 39.3 Å². The van der Waals surface area contributed by atoms with Crippen LogP contribution in [-0.4, -0.2) is 11.7 Å². The summed E-state index contributed by atoms with van der Waals surface area (Å²) in [4.78, 5) is 0. The predicted molar refractivity (Wildman–Crippen MR) is 76.2 cm³/mol. The zero-order valence-electron chi connectivity index (χ0n) is 11.6. The van der Waals surface area contributed by atoms with Gasteiger partial charge in [-0.25, -0.2) is 0 Å². The second-order valence-electron chi connectivity index (χ2n) is 5.53. The maximum absolute atomic E-state index is 10.1. The van der Waals surface area contributed by atoms with Gasteiger partial charge in [0.25, 0.3) is 0 Å². The third-order valence-electron chi connectivity index (χ3n) is 2.60. The fourth-order valence-electron chi connectivity index (χ4n) is 1.70. The molecule has 1 aromatic carbocycles. The highest BCUT2D eigenvalue weighted by atomic mass is 35.5. The molecule has 0 fully saturated rings. The van der Waals surface area contributed by atoms with Crippen LogP contribution < -0.4 is 4.74 Å². The number of halogens is 1. The smallest absolute Gasteiger partial charge is 0.119 e. The average Bonchev–Trinajstić information content (AvgIpc) is 2.26. The van der Waals surface area contributed by atoms with Crippen molar-refractivity contribution in [1.29, 1.82) is 0 Å². The molecule has 1 aromatic rings. The summed E-state index contributed by atoms with van der Waals surface area (Å²) < 4.78 is 5.65. The second kappa shape index (κ2) is 7.01. The van der Waals surface area contributed by atoms with E-state index in [0.29, 0.717) is 29.9 Å². The summed E-state index contributed by atoms with van der Waals surface area (Å²) in [5.74, 6) is 1.67. The van der Waals surface area contributed by atoms with Crippen molar-refractivity contribution in [2.75, 3.05) is 6.61 Å². The summed E-state index contributed by atoms with van der Waals surface area (Å²) in [7, 11) is 0. The van der Waals surface area contributed by atoms with Gasteiger partial charge in [-0.05, 0) is 36.5 Å². The van der Waals surface area contributed by atoms with Gasteiger partial charge < -0.3 is 9.84 Å². The number of rotatable bonds is 6. The molecular formula is C15H23ClO2. The van der Waals surface area contributed by atoms with Gasteiger partial charge >= 0.3 is 0 Å². The summed E-state index contributed by atoms with van der Waals surface area (Å²) >= 11 is 6.12. The Hall–Kier alpha value is -0.730. The Bertz CT molecular complexity index is 375. The van der Waals surface area contributed by atoms with E-state index < -0.39 is 6.10 Å². The van der Waals surface area contributed by atoms with Crippen molar-refractivity contribution in [1.82, 2.24) is 0 Å². The van der Waals surface area contributed by atoms with E-state index in [4.69, 9.17) is 16.3 Å². The van der Waals surface area contributed by atoms with E-state index in [1.54, 1.807) is 6.07 Å². The Morgan fingerprint density at radius 1 is 1.17 bits per heavy atom. The summed E-state index contributed by atoms with van der Waals surface area (Å²) in [6.07, 6.45) is 0.174. The minimum absolute atomic E-state index is 0.427. The lowest BCUT2D eigenvalue weighted by molar-refractivity contribution is 0.150. The SMILES string of the molecule is CC(C)COc1ccc(Cl)c(C(O)CC(C)C)c1. The van der Waals surface area contributed by atoms with Gasteiger partial charge in [-0.2, -0.15) is 0 Å². The van der Waals surface area contributed by atoms with E-state index >= 15 is 0 Å². The van der Waals surface area contributed by atoms with Crippen molar-refractivity contribution >= 4 is 11.6 Å². The van der Waals surface area contributed by atoms with Gasteiger partial charge in [0.15, 0.2) is 0 Å². The van der Waals surface area contributed by atoms with Crippen molar-refractivity contribution in [3.8, 4) is 5.75 Å². The predicted octanol–water partition coefficient (Wildman–Crippen LogP) is 4.45. The first-order valence-electron chi connectivity index (χ1n) is 6.50. The van der Waals surface area contributed by atoms with Gasteiger partial charge in [0.1, 0.15) is 5.75 Å². The highest BCUT2D eigenvalue weighted by Crippen LogP contribution is 2.31. The van der Waals surface area contributed by atoms with E-state index in [1.165, 1.54) is 0 Å². The number of ether oxygens (including phenoxy) is 1. The van der Waals surface area contributed by atoms with Crippen LogP contribution in [0.15, 0.2) is 18.2 Å². The highest BCUT2D eigenvalue weighted by molar-refractivity contribution is 6.31. The molecule has 0 bridgehead atoms. The van der Waals surface area contributed by atoms with Gasteiger partial charge in [-0.15, -0.1) is 0 Å². The van der Waals surface area contributed by atoms with Crippen molar-refractivity contribution in [3.63, 3.8) is 0 Å². The van der Waals surface area contributed by atoms with Crippen LogP contribution in [0, 0.1) is 11.8 Å². The van der Waals surface area contributed by atoms with Gasteiger partial charge in [-0.3, -0.25) is 0 Å². The first kappa shape index (κ1) is 15.3. The third-order valence-corrected chi connectivity index (χ3v) is 2.95. The molecule has 0 saturated carbocycles. The molecule has 0 aliphatic carbocycles. The molecule has 0 amide bonds. The molecular weight excluding hydrogens is 248 g/mol. The molecule has 1 unspecified atom stereocenters. The molecule has 0 saturated heterocycles. The van der Waals surface area contributed by atoms with Crippen LogP contribution >= 0.6 is 11.6 Å². The first-order chi connectivity index (χ1) is 8.40. The molecule has 0 aliphatic rings. The lowest BCUT2D eigenvalue weighted by Gasteiger charge is -2.16. The minimum atomic E-state index is -0.528. The van der Waals surface area contributed by atoms with Crippen LogP contribution in [0.5, 0.6) is 5.75 Å². The molecule has 0 aliphatic heterocycles. The molecule has 102 valence electrons. The van der Waals surface area contributed by atoms with Crippen molar-refractivity contribution in [3.05, 3.63) is 28.8 Å². The van der Waals surface area contributed by atoms with E-state index in [-0.39, 0.29) is 0 Å². The topological polar surface area (TPSA) is 29.5 Å². The van der Waals surface area contributed by atoms with E-state index in [1.807, 2.05) is 12.1 Å². The summed E-state index contributed by atoms with van der Waals surface area (Å²) in [5.41, 5.74) is 0.756. The Kier molecular flexibility index (Phi) is 5.97. The summed E-state index contributed by atoms with van der Waals surface area (Å²) in [6, 6.07) is 5.48. The van der Waals surface area contributed by atoms with Gasteiger partial charge in [0, 0.05) is 10.6 Å². The molecule has 18 heavy (non-hydrogen) atoms. The third kappa shape index (κ3) is 4.87. The van der Waals surface area contributed by atoms with Crippen molar-refractivity contribution in [2.45, 2.75) is 40.2 Å². The minimum Gasteiger partial charge on any atom is -0.493 e. The van der Waals surface area contributed by atoms with Crippen LogP contribution in [0.25, 0.3) is 0 Å². The zero-order valence-corrected chi connectivity index (χ0v) is 12.4. The van der Waals surface area contributed by atoms with Crippen molar-refractivity contribution < 1.29 is 9.84 Å². The molecule has 0 spiro atoms. The second-order valence-corrected chi connectivity index (χ2v) is 5.94. The molecule has 1 rings (SSSR count). The lowest BCUT2D eigenvalue weighted by atomic mass is 9.99. The molecule has 0 heterocycles. The molecule has 1 atom stereocenters. The van der Waals surface area contributed by atoms with Crippen LogP contribution in [0.2, 0.25) is 5.02 Å². The Morgan fingerprint density at radius 3 is 2.39 bits per heavy atom. The Morgan fingerprint density at radius 2 is 1.83 bits per heavy atom.